The fraction of sp³-hybridized carbons (Fsp3) is 0.200. The summed E-state index contributed by atoms with van der Waals surface area (Å²) in [5, 5.41) is 2.16. The predicted molar refractivity (Wildman–Crippen MR) is 74.0 cm³/mol. The highest BCUT2D eigenvalue weighted by atomic mass is 16.5. The molecule has 0 atom stereocenters. The number of hydrogen-bond donors (Lipinski definition) is 0. The maximum atomic E-state index is 11.9. The first-order valence-electron chi connectivity index (χ1n) is 5.94. The van der Waals surface area contributed by atoms with Gasteiger partial charge in [0.15, 0.2) is 0 Å². The Morgan fingerprint density at radius 3 is 2.47 bits per heavy atom. The quantitative estimate of drug-likeness (QED) is 0.626. The highest BCUT2D eigenvalue weighted by Crippen LogP contribution is 2.21. The molecule has 0 bridgehead atoms. The van der Waals surface area contributed by atoms with Crippen molar-refractivity contribution in [2.75, 3.05) is 19.1 Å². The summed E-state index contributed by atoms with van der Waals surface area (Å²) in [6, 6.07) is 13.6. The molecule has 0 aliphatic carbocycles. The van der Waals surface area contributed by atoms with Gasteiger partial charge in [-0.25, -0.2) is 0 Å². The number of benzene rings is 2. The summed E-state index contributed by atoms with van der Waals surface area (Å²) in [5.74, 6) is -0.820. The van der Waals surface area contributed by atoms with Crippen LogP contribution in [0.1, 0.15) is 6.42 Å². The number of methoxy groups -OCH3 is 1. The van der Waals surface area contributed by atoms with E-state index in [1.165, 1.54) is 12.0 Å². The summed E-state index contributed by atoms with van der Waals surface area (Å²) in [5.41, 5.74) is 0.757. The van der Waals surface area contributed by atoms with E-state index in [4.69, 9.17) is 0 Å². The van der Waals surface area contributed by atoms with Crippen LogP contribution >= 0.6 is 0 Å². The zero-order valence-corrected chi connectivity index (χ0v) is 10.9. The van der Waals surface area contributed by atoms with Crippen molar-refractivity contribution in [3.8, 4) is 0 Å². The summed E-state index contributed by atoms with van der Waals surface area (Å²) in [7, 11) is 2.92. The van der Waals surface area contributed by atoms with E-state index in [1.807, 2.05) is 42.5 Å². The molecule has 0 N–H and O–H groups in total. The molecule has 0 saturated heterocycles. The molecule has 4 heteroatoms. The van der Waals surface area contributed by atoms with E-state index in [0.29, 0.717) is 0 Å². The maximum absolute atomic E-state index is 11.9. The number of amides is 1. The van der Waals surface area contributed by atoms with E-state index < -0.39 is 5.97 Å². The van der Waals surface area contributed by atoms with E-state index in [-0.39, 0.29) is 12.3 Å². The Labute approximate surface area is 111 Å². The van der Waals surface area contributed by atoms with Crippen LogP contribution in [-0.2, 0) is 14.3 Å². The van der Waals surface area contributed by atoms with Crippen molar-refractivity contribution >= 4 is 28.3 Å². The molecular weight excluding hydrogens is 242 g/mol. The van der Waals surface area contributed by atoms with E-state index in [1.54, 1.807) is 7.05 Å². The van der Waals surface area contributed by atoms with Crippen LogP contribution in [-0.4, -0.2) is 26.0 Å². The monoisotopic (exact) mass is 257 g/mol. The van der Waals surface area contributed by atoms with Gasteiger partial charge in [0.25, 0.3) is 0 Å². The minimum absolute atomic E-state index is 0.250. The van der Waals surface area contributed by atoms with Crippen LogP contribution in [0.15, 0.2) is 42.5 Å². The lowest BCUT2D eigenvalue weighted by atomic mass is 10.1. The summed E-state index contributed by atoms with van der Waals surface area (Å²) in [6.07, 6.45) is -0.250. The molecule has 0 fully saturated rings. The molecule has 0 unspecified atom stereocenters. The molecule has 0 radical (unpaired) electrons. The molecule has 2 rings (SSSR count). The van der Waals surface area contributed by atoms with Gasteiger partial charge >= 0.3 is 5.97 Å². The van der Waals surface area contributed by atoms with E-state index in [9.17, 15) is 9.59 Å². The average molecular weight is 257 g/mol. The van der Waals surface area contributed by atoms with Gasteiger partial charge in [-0.05, 0) is 22.9 Å². The molecule has 1 amide bonds. The van der Waals surface area contributed by atoms with Crippen molar-refractivity contribution in [1.82, 2.24) is 0 Å². The van der Waals surface area contributed by atoms with Crippen LogP contribution in [0.25, 0.3) is 10.8 Å². The van der Waals surface area contributed by atoms with Crippen molar-refractivity contribution in [2.45, 2.75) is 6.42 Å². The van der Waals surface area contributed by atoms with Gasteiger partial charge in [0.2, 0.25) is 5.91 Å². The minimum atomic E-state index is -0.530. The summed E-state index contributed by atoms with van der Waals surface area (Å²) in [6.45, 7) is 0. The molecule has 98 valence electrons. The molecule has 2 aromatic carbocycles. The third-order valence-electron chi connectivity index (χ3n) is 3.02. The van der Waals surface area contributed by atoms with Gasteiger partial charge < -0.3 is 9.64 Å². The third kappa shape index (κ3) is 2.91. The number of esters is 1. The van der Waals surface area contributed by atoms with Gasteiger partial charge in [0, 0.05) is 12.7 Å². The van der Waals surface area contributed by atoms with Crippen LogP contribution in [0.3, 0.4) is 0 Å². The van der Waals surface area contributed by atoms with E-state index in [2.05, 4.69) is 4.74 Å². The molecule has 19 heavy (non-hydrogen) atoms. The lowest BCUT2D eigenvalue weighted by molar-refractivity contribution is -0.143. The second-order valence-electron chi connectivity index (χ2n) is 4.24. The molecule has 2 aromatic rings. The van der Waals surface area contributed by atoms with Crippen molar-refractivity contribution in [1.29, 1.82) is 0 Å². The Morgan fingerprint density at radius 2 is 1.79 bits per heavy atom. The first kappa shape index (κ1) is 13.1. The summed E-state index contributed by atoms with van der Waals surface area (Å²) in [4.78, 5) is 24.4. The Balaban J connectivity index is 2.23. The Bertz CT molecular complexity index is 622. The Hall–Kier alpha value is -2.36. The first-order chi connectivity index (χ1) is 9.11. The number of hydrogen-bond acceptors (Lipinski definition) is 3. The fourth-order valence-corrected chi connectivity index (χ4v) is 1.84. The number of nitrogens with zero attached hydrogens (tertiary/aromatic N) is 1. The normalized spacial score (nSPS) is 10.2. The molecule has 0 saturated carbocycles. The molecule has 4 nitrogen and oxygen atoms in total. The highest BCUT2D eigenvalue weighted by molar-refractivity contribution is 6.04. The molecule has 0 aliphatic rings. The van der Waals surface area contributed by atoms with Gasteiger partial charge in [-0.3, -0.25) is 9.59 Å². The Kier molecular flexibility index (Phi) is 3.80. The second-order valence-corrected chi connectivity index (χ2v) is 4.24. The van der Waals surface area contributed by atoms with Crippen molar-refractivity contribution in [2.24, 2.45) is 0 Å². The summed E-state index contributed by atoms with van der Waals surface area (Å²) >= 11 is 0. The zero-order valence-electron chi connectivity index (χ0n) is 10.9. The van der Waals surface area contributed by atoms with Gasteiger partial charge in [0.05, 0.1) is 7.11 Å². The zero-order chi connectivity index (χ0) is 13.8. The molecule has 0 aliphatic heterocycles. The Morgan fingerprint density at radius 1 is 1.11 bits per heavy atom. The van der Waals surface area contributed by atoms with Crippen LogP contribution in [0.2, 0.25) is 0 Å². The standard InChI is InChI=1S/C15H15NO3/c1-16(14(17)10-15(18)19-2)13-8-7-11-5-3-4-6-12(11)9-13/h3-9H,10H2,1-2H3. The molecule has 0 aromatic heterocycles. The number of rotatable bonds is 3. The smallest absolute Gasteiger partial charge is 0.315 e. The number of carbonyl (C=O) groups excluding carboxylic acids is 2. The lowest BCUT2D eigenvalue weighted by Crippen LogP contribution is -2.28. The number of fused-ring (bicyclic) bond motifs is 1. The van der Waals surface area contributed by atoms with Crippen molar-refractivity contribution in [3.05, 3.63) is 42.5 Å². The summed E-state index contributed by atoms with van der Waals surface area (Å²) < 4.78 is 4.49. The topological polar surface area (TPSA) is 46.6 Å². The van der Waals surface area contributed by atoms with Gasteiger partial charge in [0.1, 0.15) is 6.42 Å². The minimum Gasteiger partial charge on any atom is -0.469 e. The van der Waals surface area contributed by atoms with Crippen LogP contribution in [0, 0.1) is 0 Å². The highest BCUT2D eigenvalue weighted by Gasteiger charge is 2.15. The maximum Gasteiger partial charge on any atom is 0.315 e. The first-order valence-corrected chi connectivity index (χ1v) is 5.94. The molecule has 0 spiro atoms. The van der Waals surface area contributed by atoms with Crippen molar-refractivity contribution < 1.29 is 14.3 Å². The largest absolute Gasteiger partial charge is 0.469 e. The third-order valence-corrected chi connectivity index (χ3v) is 3.02. The fourth-order valence-electron chi connectivity index (χ4n) is 1.84. The van der Waals surface area contributed by atoms with Crippen LogP contribution in [0.4, 0.5) is 5.69 Å². The van der Waals surface area contributed by atoms with Gasteiger partial charge in [-0.1, -0.05) is 30.3 Å². The van der Waals surface area contributed by atoms with Crippen LogP contribution < -0.4 is 4.90 Å². The van der Waals surface area contributed by atoms with E-state index >= 15 is 0 Å². The number of ether oxygens (including phenoxy) is 1. The van der Waals surface area contributed by atoms with Crippen molar-refractivity contribution in [3.63, 3.8) is 0 Å². The number of anilines is 1. The molecule has 0 heterocycles. The number of carbonyl (C=O) groups is 2. The molecular formula is C15H15NO3. The SMILES string of the molecule is COC(=O)CC(=O)N(C)c1ccc2ccccc2c1. The van der Waals surface area contributed by atoms with Crippen LogP contribution in [0.5, 0.6) is 0 Å². The van der Waals surface area contributed by atoms with Gasteiger partial charge in [-0.15, -0.1) is 0 Å². The van der Waals surface area contributed by atoms with Gasteiger partial charge in [-0.2, -0.15) is 0 Å². The average Bonchev–Trinajstić information content (AvgIpc) is 2.45. The second kappa shape index (κ2) is 5.52. The predicted octanol–water partition coefficient (Wildman–Crippen LogP) is 2.37. The van der Waals surface area contributed by atoms with E-state index in [0.717, 1.165) is 16.5 Å². The lowest BCUT2D eigenvalue weighted by Gasteiger charge is -2.17.